The Hall–Kier alpha value is -9.01. The quantitative estimate of drug-likeness (QED) is 0.0751. The molecule has 4 N–H and O–H groups in total. The summed E-state index contributed by atoms with van der Waals surface area (Å²) in [4.78, 5) is 93.9. The summed E-state index contributed by atoms with van der Waals surface area (Å²) in [6.07, 6.45) is 0. The Morgan fingerprint density at radius 2 is 0.986 bits per heavy atom. The molecule has 0 saturated carbocycles. The molecule has 71 heavy (non-hydrogen) atoms. The van der Waals surface area contributed by atoms with Gasteiger partial charge >= 0.3 is 24.0 Å². The van der Waals surface area contributed by atoms with Crippen molar-refractivity contribution in [2.24, 2.45) is 0 Å². The lowest BCUT2D eigenvalue weighted by atomic mass is 10.0. The van der Waals surface area contributed by atoms with Gasteiger partial charge in [0.2, 0.25) is 0 Å². The molecule has 12 rings (SSSR count). The van der Waals surface area contributed by atoms with Crippen LogP contribution in [-0.2, 0) is 35.7 Å². The molecular weight excluding hydrogens is 983 g/mol. The number of amides is 5. The fourth-order valence-electron chi connectivity index (χ4n) is 8.27. The number of benzene rings is 6. The van der Waals surface area contributed by atoms with E-state index in [1.807, 2.05) is 48.5 Å². The van der Waals surface area contributed by atoms with Crippen LogP contribution in [0.1, 0.15) is 94.8 Å². The minimum atomic E-state index is -0.658. The Morgan fingerprint density at radius 1 is 0.563 bits per heavy atom. The molecule has 0 aliphatic carbocycles. The van der Waals surface area contributed by atoms with Crippen LogP contribution in [0, 0.1) is 0 Å². The first kappa shape index (κ1) is 47.1. The number of hydrogen-bond acceptors (Lipinski definition) is 14. The van der Waals surface area contributed by atoms with Crippen LogP contribution in [0.15, 0.2) is 135 Å². The van der Waals surface area contributed by atoms with Crippen molar-refractivity contribution in [3.63, 3.8) is 0 Å². The fraction of sp³-hybridized carbons (Fsp3) is 0.118. The van der Waals surface area contributed by atoms with Crippen molar-refractivity contribution in [3.8, 4) is 0 Å². The number of methoxy groups -OCH3 is 2. The SMILES string of the molecule is COC(=O)c1cccc2c1CN(c1nc3ccccc3o1)C2=O.COC(=O)c1cccc2c1CNC2=O.O=C(NO)c1cccc2c1CN(c1nc3ccccc3o1)C2=O.O=C1NCc2c(Br)cccc21. The number of nitrogens with zero attached hydrogens (tertiary/aromatic N) is 4. The normalized spacial score (nSPS) is 13.6. The van der Waals surface area contributed by atoms with E-state index in [1.165, 1.54) is 24.0 Å². The summed E-state index contributed by atoms with van der Waals surface area (Å²) >= 11 is 3.38. The van der Waals surface area contributed by atoms with Crippen LogP contribution in [0.5, 0.6) is 0 Å². The topological polar surface area (TPSA) is 253 Å². The number of hydroxylamine groups is 1. The van der Waals surface area contributed by atoms with Crippen molar-refractivity contribution in [1.29, 1.82) is 0 Å². The molecule has 4 aliphatic heterocycles. The maximum atomic E-state index is 12.6. The minimum Gasteiger partial charge on any atom is -0.465 e. The van der Waals surface area contributed by atoms with Gasteiger partial charge in [-0.1, -0.05) is 64.5 Å². The number of halogens is 1. The number of oxazole rings is 2. The van der Waals surface area contributed by atoms with Crippen molar-refractivity contribution in [1.82, 2.24) is 26.1 Å². The van der Waals surface area contributed by atoms with Crippen LogP contribution in [0.25, 0.3) is 22.2 Å². The second-order valence-electron chi connectivity index (χ2n) is 15.8. The highest BCUT2D eigenvalue weighted by Gasteiger charge is 2.36. The maximum absolute atomic E-state index is 12.6. The molecule has 0 atom stereocenters. The second kappa shape index (κ2) is 19.9. The van der Waals surface area contributed by atoms with Crippen molar-refractivity contribution in [3.05, 3.63) is 187 Å². The van der Waals surface area contributed by atoms with Crippen LogP contribution < -0.4 is 25.9 Å². The van der Waals surface area contributed by atoms with Crippen LogP contribution >= 0.6 is 15.9 Å². The second-order valence-corrected chi connectivity index (χ2v) is 16.6. The smallest absolute Gasteiger partial charge is 0.338 e. The van der Waals surface area contributed by atoms with Gasteiger partial charge in [0.1, 0.15) is 11.0 Å². The molecule has 5 amide bonds. The van der Waals surface area contributed by atoms with E-state index in [0.29, 0.717) is 74.2 Å². The molecular formula is C51H38BrN7O12. The van der Waals surface area contributed by atoms with E-state index in [0.717, 1.165) is 21.2 Å². The first-order chi connectivity index (χ1) is 34.4. The molecule has 356 valence electrons. The number of ether oxygens (including phenoxy) is 2. The molecule has 0 spiro atoms. The van der Waals surface area contributed by atoms with Crippen LogP contribution in [0.3, 0.4) is 0 Å². The number of hydrogen-bond donors (Lipinski definition) is 4. The number of aromatic nitrogens is 2. The lowest BCUT2D eigenvalue weighted by Crippen LogP contribution is -2.23. The molecule has 6 heterocycles. The highest BCUT2D eigenvalue weighted by atomic mass is 79.9. The van der Waals surface area contributed by atoms with Gasteiger partial charge in [-0.2, -0.15) is 9.97 Å². The van der Waals surface area contributed by atoms with Crippen molar-refractivity contribution in [2.45, 2.75) is 26.2 Å². The van der Waals surface area contributed by atoms with Gasteiger partial charge in [-0.25, -0.2) is 15.1 Å². The van der Waals surface area contributed by atoms with Crippen LogP contribution in [0.4, 0.5) is 12.0 Å². The van der Waals surface area contributed by atoms with E-state index in [1.54, 1.807) is 78.3 Å². The minimum absolute atomic E-state index is 0.0290. The fourth-order valence-corrected chi connectivity index (χ4v) is 8.78. The highest BCUT2D eigenvalue weighted by Crippen LogP contribution is 2.34. The van der Waals surface area contributed by atoms with Gasteiger partial charge in [-0.05, 0) is 95.1 Å². The summed E-state index contributed by atoms with van der Waals surface area (Å²) in [6, 6.07) is 35.4. The van der Waals surface area contributed by atoms with Crippen molar-refractivity contribution >= 4 is 91.6 Å². The average Bonchev–Trinajstić information content (AvgIpc) is 4.28. The van der Waals surface area contributed by atoms with E-state index < -0.39 is 17.8 Å². The molecule has 0 radical (unpaired) electrons. The zero-order valence-electron chi connectivity index (χ0n) is 37.5. The Labute approximate surface area is 410 Å². The van der Waals surface area contributed by atoms with Crippen LogP contribution in [-0.4, -0.2) is 70.9 Å². The van der Waals surface area contributed by atoms with E-state index in [-0.39, 0.29) is 54.3 Å². The highest BCUT2D eigenvalue weighted by molar-refractivity contribution is 9.10. The monoisotopic (exact) mass is 1020 g/mol. The summed E-state index contributed by atoms with van der Waals surface area (Å²) in [7, 11) is 2.64. The molecule has 8 aromatic rings. The third-order valence-electron chi connectivity index (χ3n) is 11.8. The zero-order valence-corrected chi connectivity index (χ0v) is 39.1. The van der Waals surface area contributed by atoms with E-state index >= 15 is 0 Å². The predicted molar refractivity (Wildman–Crippen MR) is 257 cm³/mol. The van der Waals surface area contributed by atoms with Crippen molar-refractivity contribution in [2.75, 3.05) is 24.0 Å². The Kier molecular flexibility index (Phi) is 13.2. The molecule has 2 aromatic heterocycles. The largest absolute Gasteiger partial charge is 0.465 e. The summed E-state index contributed by atoms with van der Waals surface area (Å²) in [5.41, 5.74) is 10.4. The summed E-state index contributed by atoms with van der Waals surface area (Å²) in [5, 5.41) is 14.2. The van der Waals surface area contributed by atoms with Gasteiger partial charge in [0, 0.05) is 45.4 Å². The predicted octanol–water partition coefficient (Wildman–Crippen LogP) is 7.29. The summed E-state index contributed by atoms with van der Waals surface area (Å²) < 4.78 is 21.7. The number of para-hydroxylation sites is 4. The molecule has 19 nitrogen and oxygen atoms in total. The number of nitrogens with one attached hydrogen (secondary N) is 3. The molecule has 0 fully saturated rings. The third kappa shape index (κ3) is 9.07. The van der Waals surface area contributed by atoms with Gasteiger partial charge in [0.25, 0.3) is 29.5 Å². The number of carbonyl (C=O) groups is 7. The maximum Gasteiger partial charge on any atom is 0.338 e. The molecule has 6 aromatic carbocycles. The van der Waals surface area contributed by atoms with Gasteiger partial charge in [-0.15, -0.1) is 0 Å². The third-order valence-corrected chi connectivity index (χ3v) is 12.5. The first-order valence-corrected chi connectivity index (χ1v) is 22.3. The standard InChI is InChI=1S/C17H12N2O4.C16H11N3O4.C10H9NO3.C8H6BrNO/c1-22-16(21)11-6-4-5-10-12(11)9-19(15(10)20)17-18-13-7-2-3-8-14(13)23-17;20-14(18-22)9-4-3-5-10-11(9)8-19(15(10)21)16-17-12-6-1-2-7-13(12)23-16;1-14-10(13)7-4-2-3-6-8(7)5-11-9(6)12;9-7-3-1-2-5-6(7)4-10-8(5)11/h2-8H,9H2,1H3;1-7,22H,8H2,(H,18,20);2-4H,5H2,1H3,(H,11,12);1-3H,4H2,(H,10,11). The molecule has 0 unspecified atom stereocenters. The molecule has 4 aliphatic rings. The Balaban J connectivity index is 0.000000122. The summed E-state index contributed by atoms with van der Waals surface area (Å²) in [6.45, 7) is 1.44. The van der Waals surface area contributed by atoms with Gasteiger partial charge in [0.05, 0.1) is 38.4 Å². The van der Waals surface area contributed by atoms with Crippen molar-refractivity contribution < 1.29 is 57.1 Å². The van der Waals surface area contributed by atoms with Gasteiger partial charge < -0.3 is 28.9 Å². The Bertz CT molecular complexity index is 3270. The lowest BCUT2D eigenvalue weighted by Gasteiger charge is -2.09. The lowest BCUT2D eigenvalue weighted by molar-refractivity contribution is 0.0590. The number of rotatable bonds is 5. The zero-order chi connectivity index (χ0) is 49.9. The number of anilines is 2. The van der Waals surface area contributed by atoms with E-state index in [9.17, 15) is 33.6 Å². The first-order valence-electron chi connectivity index (χ1n) is 21.6. The van der Waals surface area contributed by atoms with Gasteiger partial charge in [0.15, 0.2) is 11.2 Å². The van der Waals surface area contributed by atoms with Gasteiger partial charge in [-0.3, -0.25) is 39.0 Å². The molecule has 20 heteroatoms. The number of esters is 2. The summed E-state index contributed by atoms with van der Waals surface area (Å²) in [5.74, 6) is -2.16. The molecule has 0 saturated heterocycles. The number of fused-ring (bicyclic) bond motifs is 6. The Morgan fingerprint density at radius 3 is 1.46 bits per heavy atom. The number of carbonyl (C=O) groups excluding carboxylic acids is 7. The van der Waals surface area contributed by atoms with E-state index in [4.69, 9.17) is 18.8 Å². The van der Waals surface area contributed by atoms with Crippen LogP contribution in [0.2, 0.25) is 0 Å². The molecule has 0 bridgehead atoms. The average molecular weight is 1020 g/mol. The van der Waals surface area contributed by atoms with E-state index in [2.05, 4.69) is 41.3 Å².